The second-order valence-electron chi connectivity index (χ2n) is 8.66. The number of aliphatic hydroxyl groups excluding tert-OH is 1. The van der Waals surface area contributed by atoms with E-state index >= 15 is 4.39 Å². The third-order valence-electron chi connectivity index (χ3n) is 6.35. The largest absolute Gasteiger partial charge is 0.481 e. The fourth-order valence-electron chi connectivity index (χ4n) is 4.89. The highest BCUT2D eigenvalue weighted by atomic mass is 35.5. The second-order valence-corrected chi connectivity index (χ2v) is 9.50. The van der Waals surface area contributed by atoms with E-state index in [1.165, 1.54) is 6.07 Å². The summed E-state index contributed by atoms with van der Waals surface area (Å²) < 4.78 is 23.2. The number of β-amino-alcohol motifs (C(OH)–C–C–N with tert-alkyl or cyclic N) is 1. The monoisotopic (exact) mass is 475 g/mol. The van der Waals surface area contributed by atoms with E-state index in [-0.39, 0.29) is 17.9 Å². The lowest BCUT2D eigenvalue weighted by Crippen LogP contribution is -2.39. The van der Waals surface area contributed by atoms with Crippen molar-refractivity contribution in [2.24, 2.45) is 0 Å². The summed E-state index contributed by atoms with van der Waals surface area (Å²) in [5.41, 5.74) is 4.27. The number of hydrogen-bond acceptors (Lipinski definition) is 4. The van der Waals surface area contributed by atoms with Crippen LogP contribution in [-0.2, 0) is 6.42 Å². The summed E-state index contributed by atoms with van der Waals surface area (Å²) in [7, 11) is 0. The highest BCUT2D eigenvalue weighted by molar-refractivity contribution is 6.35. The molecule has 5 rings (SSSR count). The molecule has 0 amide bonds. The maximum absolute atomic E-state index is 15.2. The van der Waals surface area contributed by atoms with Crippen molar-refractivity contribution in [1.82, 2.24) is 14.7 Å². The van der Waals surface area contributed by atoms with E-state index in [4.69, 9.17) is 27.9 Å². The molecule has 3 aromatic rings. The lowest BCUT2D eigenvalue weighted by molar-refractivity contribution is 0.0790. The van der Waals surface area contributed by atoms with Crippen molar-refractivity contribution >= 4 is 23.2 Å². The number of halogens is 3. The Kier molecular flexibility index (Phi) is 5.66. The Morgan fingerprint density at radius 3 is 2.62 bits per heavy atom. The number of fused-ring (bicyclic) bond motifs is 1. The number of aromatic nitrogens is 2. The Labute approximate surface area is 196 Å². The van der Waals surface area contributed by atoms with Crippen molar-refractivity contribution in [3.8, 4) is 11.4 Å². The molecule has 168 valence electrons. The molecule has 0 bridgehead atoms. The molecule has 32 heavy (non-hydrogen) atoms. The Hall–Kier alpha value is -2.12. The molecular weight excluding hydrogens is 452 g/mol. The number of likely N-dealkylation sites (tertiary alicyclic amines) is 1. The maximum Gasteiger partial charge on any atom is 0.167 e. The summed E-state index contributed by atoms with van der Waals surface area (Å²) in [6.45, 7) is 5.15. The third-order valence-corrected chi connectivity index (χ3v) is 6.91. The number of rotatable bonds is 4. The summed E-state index contributed by atoms with van der Waals surface area (Å²) in [5, 5.41) is 15.6. The van der Waals surface area contributed by atoms with Crippen LogP contribution in [0.25, 0.3) is 5.69 Å². The first-order valence-corrected chi connectivity index (χ1v) is 11.5. The molecular formula is C24H24Cl2FN3O2. The number of aliphatic hydroxyl groups is 1. The molecule has 0 saturated carbocycles. The predicted molar refractivity (Wildman–Crippen MR) is 123 cm³/mol. The zero-order valence-corrected chi connectivity index (χ0v) is 19.4. The number of aryl methyl sites for hydroxylation is 2. The number of ether oxygens (including phenoxy) is 1. The average Bonchev–Trinajstić information content (AvgIpc) is 3.41. The van der Waals surface area contributed by atoms with Crippen molar-refractivity contribution in [3.63, 3.8) is 0 Å². The summed E-state index contributed by atoms with van der Waals surface area (Å²) in [5.74, 6) is -0.300. The number of nitrogens with zero attached hydrogens (tertiary/aromatic N) is 3. The van der Waals surface area contributed by atoms with Crippen molar-refractivity contribution < 1.29 is 14.2 Å². The maximum atomic E-state index is 15.2. The molecule has 2 aromatic carbocycles. The molecule has 1 N–H and O–H groups in total. The smallest absolute Gasteiger partial charge is 0.167 e. The molecule has 1 aliphatic carbocycles. The predicted octanol–water partition coefficient (Wildman–Crippen LogP) is 5.05. The van der Waals surface area contributed by atoms with Crippen LogP contribution in [0.5, 0.6) is 5.75 Å². The van der Waals surface area contributed by atoms with E-state index in [1.54, 1.807) is 22.9 Å². The quantitative estimate of drug-likeness (QED) is 0.573. The molecule has 1 aliphatic heterocycles. The van der Waals surface area contributed by atoms with Crippen LogP contribution in [0, 0.1) is 19.7 Å². The van der Waals surface area contributed by atoms with Gasteiger partial charge in [0, 0.05) is 40.5 Å². The first-order valence-electron chi connectivity index (χ1n) is 10.7. The van der Waals surface area contributed by atoms with Gasteiger partial charge < -0.3 is 9.84 Å². The molecule has 1 aromatic heterocycles. The highest BCUT2D eigenvalue weighted by Gasteiger charge is 2.42. The summed E-state index contributed by atoms with van der Waals surface area (Å²) >= 11 is 12.8. The van der Waals surface area contributed by atoms with Crippen LogP contribution in [-0.4, -0.2) is 45.0 Å². The van der Waals surface area contributed by atoms with E-state index in [1.807, 2.05) is 26.0 Å². The van der Waals surface area contributed by atoms with E-state index in [9.17, 15) is 5.11 Å². The zero-order chi connectivity index (χ0) is 22.6. The molecule has 0 spiro atoms. The van der Waals surface area contributed by atoms with Crippen LogP contribution in [0.15, 0.2) is 36.4 Å². The van der Waals surface area contributed by atoms with Crippen LogP contribution in [0.2, 0.25) is 10.0 Å². The van der Waals surface area contributed by atoms with Crippen molar-refractivity contribution in [2.75, 3.05) is 13.1 Å². The molecule has 0 radical (unpaired) electrons. The molecule has 1 unspecified atom stereocenters. The van der Waals surface area contributed by atoms with Crippen molar-refractivity contribution in [1.29, 1.82) is 0 Å². The molecule has 3 atom stereocenters. The highest BCUT2D eigenvalue weighted by Crippen LogP contribution is 2.43. The number of benzene rings is 2. The van der Waals surface area contributed by atoms with Gasteiger partial charge in [0.1, 0.15) is 6.10 Å². The van der Waals surface area contributed by atoms with Crippen LogP contribution >= 0.6 is 23.2 Å². The van der Waals surface area contributed by atoms with Gasteiger partial charge in [-0.2, -0.15) is 5.10 Å². The van der Waals surface area contributed by atoms with E-state index in [0.29, 0.717) is 35.1 Å². The Balaban J connectivity index is 1.49. The fourth-order valence-corrected chi connectivity index (χ4v) is 5.48. The van der Waals surface area contributed by atoms with E-state index in [0.717, 1.165) is 29.1 Å². The molecule has 2 aliphatic rings. The van der Waals surface area contributed by atoms with Gasteiger partial charge in [0.2, 0.25) is 0 Å². The van der Waals surface area contributed by atoms with Gasteiger partial charge in [-0.25, -0.2) is 9.07 Å². The summed E-state index contributed by atoms with van der Waals surface area (Å²) in [4.78, 5) is 2.20. The van der Waals surface area contributed by atoms with Crippen LogP contribution in [0.3, 0.4) is 0 Å². The van der Waals surface area contributed by atoms with Gasteiger partial charge in [0.25, 0.3) is 0 Å². The Morgan fingerprint density at radius 2 is 1.97 bits per heavy atom. The number of hydrogen-bond donors (Lipinski definition) is 1. The molecule has 8 heteroatoms. The second kappa shape index (κ2) is 8.34. The van der Waals surface area contributed by atoms with Crippen LogP contribution in [0.1, 0.15) is 35.0 Å². The molecule has 1 fully saturated rings. The normalized spacial score (nSPS) is 23.0. The van der Waals surface area contributed by atoms with Crippen LogP contribution in [0.4, 0.5) is 4.39 Å². The average molecular weight is 476 g/mol. The lowest BCUT2D eigenvalue weighted by Gasteiger charge is -2.30. The van der Waals surface area contributed by atoms with Gasteiger partial charge in [-0.05, 0) is 62.6 Å². The first-order chi connectivity index (χ1) is 15.3. The summed E-state index contributed by atoms with van der Waals surface area (Å²) in [6.07, 6.45) is 0.559. The first kappa shape index (κ1) is 21.7. The minimum atomic E-state index is -0.461. The topological polar surface area (TPSA) is 50.5 Å². The SMILES string of the molecule is Cc1cc(C)n(-c2ccc(O[C@H]3c4cc(Cl)cc(Cl)c4C[C@@H]3N3CCC(O)C3)c(F)c2)n1. The fraction of sp³-hybridized carbons (Fsp3) is 0.375. The Morgan fingerprint density at radius 1 is 1.16 bits per heavy atom. The third kappa shape index (κ3) is 3.90. The van der Waals surface area contributed by atoms with Gasteiger partial charge in [-0.1, -0.05) is 23.2 Å². The van der Waals surface area contributed by atoms with Gasteiger partial charge in [-0.3, -0.25) is 4.90 Å². The van der Waals surface area contributed by atoms with Gasteiger partial charge >= 0.3 is 0 Å². The van der Waals surface area contributed by atoms with Gasteiger partial charge in [0.15, 0.2) is 11.6 Å². The zero-order valence-electron chi connectivity index (χ0n) is 17.9. The van der Waals surface area contributed by atoms with Gasteiger partial charge in [0.05, 0.1) is 23.5 Å². The van der Waals surface area contributed by atoms with Gasteiger partial charge in [-0.15, -0.1) is 0 Å². The molecule has 2 heterocycles. The van der Waals surface area contributed by atoms with E-state index in [2.05, 4.69) is 10.00 Å². The minimum absolute atomic E-state index is 0.0618. The standard InChI is InChI=1S/C24H24Cl2FN3O2/c1-13-7-14(2)30(28-13)16-3-4-23(21(27)10-16)32-24-19-8-15(25)9-20(26)18(19)11-22(24)29-6-5-17(31)12-29/h3-4,7-10,17,22,24,31H,5-6,11-12H2,1-2H3/t17?,22-,24-/m0/s1. The Bertz CT molecular complexity index is 1180. The van der Waals surface area contributed by atoms with Crippen molar-refractivity contribution in [2.45, 2.75) is 44.9 Å². The minimum Gasteiger partial charge on any atom is -0.481 e. The molecule has 1 saturated heterocycles. The van der Waals surface area contributed by atoms with Crippen molar-refractivity contribution in [3.05, 3.63) is 74.8 Å². The lowest BCUT2D eigenvalue weighted by atomic mass is 10.1. The summed E-state index contributed by atoms with van der Waals surface area (Å²) in [6, 6.07) is 10.3. The van der Waals surface area contributed by atoms with Crippen LogP contribution < -0.4 is 4.74 Å². The van der Waals surface area contributed by atoms with E-state index < -0.39 is 11.9 Å². The molecule has 5 nitrogen and oxygen atoms in total.